The van der Waals surface area contributed by atoms with E-state index in [1.54, 1.807) is 18.3 Å². The van der Waals surface area contributed by atoms with Crippen LogP contribution in [-0.4, -0.2) is 51.0 Å². The van der Waals surface area contributed by atoms with Crippen LogP contribution in [0.25, 0.3) is 0 Å². The van der Waals surface area contributed by atoms with Crippen LogP contribution in [0.3, 0.4) is 0 Å². The lowest BCUT2D eigenvalue weighted by Crippen LogP contribution is -2.46. The number of pyridine rings is 1. The molecule has 0 aliphatic carbocycles. The van der Waals surface area contributed by atoms with Crippen LogP contribution in [0.15, 0.2) is 54.1 Å². The van der Waals surface area contributed by atoms with Gasteiger partial charge in [0.2, 0.25) is 0 Å². The highest BCUT2D eigenvalue weighted by molar-refractivity contribution is 7.92. The lowest BCUT2D eigenvalue weighted by atomic mass is 10.0. The number of sulfonamides is 1. The smallest absolute Gasteiger partial charge is 0.261 e. The van der Waals surface area contributed by atoms with Crippen LogP contribution in [0.2, 0.25) is 0 Å². The first-order valence-corrected chi connectivity index (χ1v) is 11.5. The van der Waals surface area contributed by atoms with Gasteiger partial charge in [-0.1, -0.05) is 32.1 Å². The Morgan fingerprint density at radius 2 is 1.83 bits per heavy atom. The summed E-state index contributed by atoms with van der Waals surface area (Å²) in [6, 6.07) is 8.97. The van der Waals surface area contributed by atoms with Crippen LogP contribution in [0, 0.1) is 6.92 Å². The number of aromatic nitrogens is 1. The maximum atomic E-state index is 12.8. The summed E-state index contributed by atoms with van der Waals surface area (Å²) in [4.78, 5) is 9.35. The molecule has 1 fully saturated rings. The SMILES string of the molecule is C=CCN1CCN(c2cc(C)c(NS(=O)(=O)c3ccc(C(C)C)cc3)cn2)CC1. The molecular weight excluding hydrogens is 384 g/mol. The Morgan fingerprint density at radius 1 is 1.17 bits per heavy atom. The van der Waals surface area contributed by atoms with E-state index in [2.05, 4.69) is 39.9 Å². The number of nitrogens with one attached hydrogen (secondary N) is 1. The van der Waals surface area contributed by atoms with E-state index in [0.717, 1.165) is 49.7 Å². The number of aryl methyl sites for hydroxylation is 1. The van der Waals surface area contributed by atoms with E-state index in [4.69, 9.17) is 0 Å². The topological polar surface area (TPSA) is 65.5 Å². The highest BCUT2D eigenvalue weighted by Gasteiger charge is 2.19. The van der Waals surface area contributed by atoms with E-state index >= 15 is 0 Å². The van der Waals surface area contributed by atoms with Crippen molar-refractivity contribution in [1.82, 2.24) is 9.88 Å². The third-order valence-corrected chi connectivity index (χ3v) is 6.66. The van der Waals surface area contributed by atoms with Crippen molar-refractivity contribution in [3.8, 4) is 0 Å². The van der Waals surface area contributed by atoms with Crippen molar-refractivity contribution in [1.29, 1.82) is 0 Å². The Bertz CT molecular complexity index is 947. The van der Waals surface area contributed by atoms with Crippen LogP contribution in [0.5, 0.6) is 0 Å². The fourth-order valence-corrected chi connectivity index (χ4v) is 4.51. The van der Waals surface area contributed by atoms with Crippen molar-refractivity contribution < 1.29 is 8.42 Å². The number of rotatable bonds is 7. The van der Waals surface area contributed by atoms with Crippen molar-refractivity contribution in [3.63, 3.8) is 0 Å². The van der Waals surface area contributed by atoms with E-state index in [1.807, 2.05) is 31.2 Å². The molecule has 1 aromatic carbocycles. The molecule has 2 aromatic rings. The molecule has 29 heavy (non-hydrogen) atoms. The predicted molar refractivity (Wildman–Crippen MR) is 119 cm³/mol. The van der Waals surface area contributed by atoms with E-state index in [-0.39, 0.29) is 4.90 Å². The van der Waals surface area contributed by atoms with Crippen molar-refractivity contribution in [3.05, 3.63) is 60.3 Å². The minimum atomic E-state index is -3.65. The van der Waals surface area contributed by atoms with Gasteiger partial charge in [0.25, 0.3) is 10.0 Å². The standard InChI is InChI=1S/C22H30N4O2S/c1-5-10-25-11-13-26(14-12-25)22-15-18(4)21(16-23-22)24-29(27,28)20-8-6-19(7-9-20)17(2)3/h5-9,15-17,24H,1,10-14H2,2-4H3. The summed E-state index contributed by atoms with van der Waals surface area (Å²) < 4.78 is 28.2. The molecule has 3 rings (SSSR count). The molecule has 0 spiro atoms. The Hall–Kier alpha value is -2.38. The van der Waals surface area contributed by atoms with Gasteiger partial charge in [0, 0.05) is 32.7 Å². The summed E-state index contributed by atoms with van der Waals surface area (Å²) >= 11 is 0. The summed E-state index contributed by atoms with van der Waals surface area (Å²) in [6.45, 7) is 14.5. The Labute approximate surface area is 174 Å². The van der Waals surface area contributed by atoms with Crippen LogP contribution in [0.1, 0.15) is 30.9 Å². The average molecular weight is 415 g/mol. The minimum absolute atomic E-state index is 0.253. The molecule has 2 heterocycles. The van der Waals surface area contributed by atoms with Crippen LogP contribution < -0.4 is 9.62 Å². The van der Waals surface area contributed by atoms with Gasteiger partial charge in [-0.3, -0.25) is 9.62 Å². The third-order valence-electron chi connectivity index (χ3n) is 5.28. The molecule has 0 radical (unpaired) electrons. The average Bonchev–Trinajstić information content (AvgIpc) is 2.70. The normalized spacial score (nSPS) is 15.5. The second kappa shape index (κ2) is 8.97. The monoisotopic (exact) mass is 414 g/mol. The van der Waals surface area contributed by atoms with E-state index in [0.29, 0.717) is 11.6 Å². The number of benzene rings is 1. The minimum Gasteiger partial charge on any atom is -0.354 e. The summed E-state index contributed by atoms with van der Waals surface area (Å²) in [6.07, 6.45) is 3.54. The fraction of sp³-hybridized carbons (Fsp3) is 0.409. The van der Waals surface area contributed by atoms with Gasteiger partial charge in [-0.05, 0) is 42.2 Å². The Morgan fingerprint density at radius 3 is 2.38 bits per heavy atom. The van der Waals surface area contributed by atoms with Gasteiger partial charge in [-0.15, -0.1) is 6.58 Å². The van der Waals surface area contributed by atoms with E-state index in [9.17, 15) is 8.42 Å². The number of nitrogens with zero attached hydrogens (tertiary/aromatic N) is 3. The van der Waals surface area contributed by atoms with Crippen molar-refractivity contribution in [2.24, 2.45) is 0 Å². The summed E-state index contributed by atoms with van der Waals surface area (Å²) in [7, 11) is -3.65. The Balaban J connectivity index is 1.71. The molecular formula is C22H30N4O2S. The summed E-state index contributed by atoms with van der Waals surface area (Å²) in [5.74, 6) is 1.24. The van der Waals surface area contributed by atoms with Crippen LogP contribution in [0.4, 0.5) is 11.5 Å². The quantitative estimate of drug-likeness (QED) is 0.701. The molecule has 1 aromatic heterocycles. The second-order valence-corrected chi connectivity index (χ2v) is 9.45. The molecule has 1 aliphatic rings. The number of piperazine rings is 1. The first-order valence-electron chi connectivity index (χ1n) is 9.98. The largest absolute Gasteiger partial charge is 0.354 e. The Kier molecular flexibility index (Phi) is 6.59. The number of hydrogen-bond donors (Lipinski definition) is 1. The predicted octanol–water partition coefficient (Wildman–Crippen LogP) is 3.62. The fourth-order valence-electron chi connectivity index (χ4n) is 3.40. The maximum absolute atomic E-state index is 12.8. The molecule has 0 amide bonds. The summed E-state index contributed by atoms with van der Waals surface area (Å²) in [5, 5.41) is 0. The highest BCUT2D eigenvalue weighted by Crippen LogP contribution is 2.24. The highest BCUT2D eigenvalue weighted by atomic mass is 32.2. The molecule has 6 nitrogen and oxygen atoms in total. The summed E-state index contributed by atoms with van der Waals surface area (Å²) in [5.41, 5.74) is 2.47. The number of hydrogen-bond acceptors (Lipinski definition) is 5. The second-order valence-electron chi connectivity index (χ2n) is 7.76. The maximum Gasteiger partial charge on any atom is 0.261 e. The van der Waals surface area contributed by atoms with Gasteiger partial charge >= 0.3 is 0 Å². The van der Waals surface area contributed by atoms with Crippen LogP contribution in [-0.2, 0) is 10.0 Å². The molecule has 1 N–H and O–H groups in total. The molecule has 0 bridgehead atoms. The molecule has 7 heteroatoms. The molecule has 0 atom stereocenters. The van der Waals surface area contributed by atoms with E-state index in [1.165, 1.54) is 0 Å². The van der Waals surface area contributed by atoms with Crippen molar-refractivity contribution >= 4 is 21.5 Å². The number of anilines is 2. The molecule has 156 valence electrons. The van der Waals surface area contributed by atoms with Crippen molar-refractivity contribution in [2.75, 3.05) is 42.3 Å². The zero-order chi connectivity index (χ0) is 21.0. The van der Waals surface area contributed by atoms with Crippen molar-refractivity contribution in [2.45, 2.75) is 31.6 Å². The van der Waals surface area contributed by atoms with Gasteiger partial charge in [0.15, 0.2) is 0 Å². The van der Waals surface area contributed by atoms with Gasteiger partial charge in [-0.25, -0.2) is 13.4 Å². The lowest BCUT2D eigenvalue weighted by molar-refractivity contribution is 0.283. The van der Waals surface area contributed by atoms with Crippen LogP contribution >= 0.6 is 0 Å². The molecule has 1 aliphatic heterocycles. The van der Waals surface area contributed by atoms with Gasteiger partial charge in [-0.2, -0.15) is 0 Å². The first-order chi connectivity index (χ1) is 13.8. The lowest BCUT2D eigenvalue weighted by Gasteiger charge is -2.35. The first kappa shape index (κ1) is 21.3. The molecule has 0 unspecified atom stereocenters. The van der Waals surface area contributed by atoms with Gasteiger partial charge in [0.1, 0.15) is 5.82 Å². The molecule has 0 saturated carbocycles. The zero-order valence-corrected chi connectivity index (χ0v) is 18.2. The van der Waals surface area contributed by atoms with Gasteiger partial charge < -0.3 is 4.90 Å². The van der Waals surface area contributed by atoms with E-state index < -0.39 is 10.0 Å². The molecule has 1 saturated heterocycles. The van der Waals surface area contributed by atoms with Gasteiger partial charge in [0.05, 0.1) is 16.8 Å². The zero-order valence-electron chi connectivity index (χ0n) is 17.4. The third kappa shape index (κ3) is 5.16.